The van der Waals surface area contributed by atoms with Crippen molar-refractivity contribution in [3.63, 3.8) is 0 Å². The number of benzene rings is 1. The van der Waals surface area contributed by atoms with Crippen molar-refractivity contribution >= 4 is 28.1 Å². The summed E-state index contributed by atoms with van der Waals surface area (Å²) in [5, 5.41) is 1.16. The van der Waals surface area contributed by atoms with E-state index in [1.54, 1.807) is 12.1 Å². The molecule has 118 valence electrons. The van der Waals surface area contributed by atoms with Crippen LogP contribution in [0.25, 0.3) is 10.9 Å². The highest BCUT2D eigenvalue weighted by Crippen LogP contribution is 2.38. The first-order chi connectivity index (χ1) is 10.6. The molecule has 0 aliphatic heterocycles. The second-order valence-electron chi connectivity index (χ2n) is 5.94. The molecule has 1 aromatic carbocycles. The van der Waals surface area contributed by atoms with Crippen LogP contribution in [0.15, 0.2) is 18.2 Å². The van der Waals surface area contributed by atoms with Crippen molar-refractivity contribution < 1.29 is 13.6 Å². The Morgan fingerprint density at radius 1 is 1.32 bits per heavy atom. The number of amides is 1. The van der Waals surface area contributed by atoms with Gasteiger partial charge in [-0.1, -0.05) is 25.3 Å². The van der Waals surface area contributed by atoms with E-state index >= 15 is 0 Å². The molecule has 1 amide bonds. The average Bonchev–Trinajstić information content (AvgIpc) is 2.82. The number of aryl methyl sites for hydroxylation is 1. The minimum atomic E-state index is -2.34. The second-order valence-corrected chi connectivity index (χ2v) is 6.64. The van der Waals surface area contributed by atoms with Crippen LogP contribution in [0.5, 0.6) is 0 Å². The number of hydrogen-bond acceptors (Lipinski definition) is 2. The Labute approximate surface area is 131 Å². The molecular formula is C16H20N2O3S. The fourth-order valence-corrected chi connectivity index (χ4v) is 3.83. The van der Waals surface area contributed by atoms with Gasteiger partial charge in [0, 0.05) is 22.2 Å². The number of fused-ring (bicyclic) bond motifs is 1. The number of carbonyl (C=O) groups is 1. The summed E-state index contributed by atoms with van der Waals surface area (Å²) in [5.41, 5.74) is 3.82. The quantitative estimate of drug-likeness (QED) is 0.758. The van der Waals surface area contributed by atoms with E-state index in [1.807, 2.05) is 10.8 Å². The minimum Gasteiger partial charge on any atom is -0.358 e. The Hall–Kier alpha value is -1.66. The number of rotatable bonds is 3. The van der Waals surface area contributed by atoms with E-state index < -0.39 is 17.2 Å². The van der Waals surface area contributed by atoms with Crippen LogP contribution in [-0.2, 0) is 11.3 Å². The Bertz CT molecular complexity index is 732. The van der Waals surface area contributed by atoms with Gasteiger partial charge >= 0.3 is 0 Å². The highest BCUT2D eigenvalue weighted by molar-refractivity contribution is 7.77. The number of H-pyrrole nitrogens is 1. The molecule has 1 saturated carbocycles. The SMILES string of the molecule is Cc1[nH]c2cc(C(=O)NS(=O)O)ccc2c1C1CCCCC1. The standard InChI is InChI=1S/C16H20N2O3S/c1-10-15(11-5-3-2-4-6-11)13-8-7-12(9-14(13)17-10)16(19)18-22(20)21/h7-9,11,17H,2-6H2,1H3,(H,18,19)(H,20,21). The lowest BCUT2D eigenvalue weighted by Crippen LogP contribution is -2.24. The summed E-state index contributed by atoms with van der Waals surface area (Å²) in [6, 6.07) is 5.40. The van der Waals surface area contributed by atoms with Gasteiger partial charge in [-0.2, -0.15) is 0 Å². The molecule has 1 unspecified atom stereocenters. The van der Waals surface area contributed by atoms with Crippen molar-refractivity contribution in [2.75, 3.05) is 0 Å². The summed E-state index contributed by atoms with van der Waals surface area (Å²) < 4.78 is 21.4. The first-order valence-corrected chi connectivity index (χ1v) is 8.71. The van der Waals surface area contributed by atoms with E-state index in [2.05, 4.69) is 11.9 Å². The molecular weight excluding hydrogens is 300 g/mol. The van der Waals surface area contributed by atoms with Gasteiger partial charge < -0.3 is 4.98 Å². The minimum absolute atomic E-state index is 0.381. The van der Waals surface area contributed by atoms with Crippen LogP contribution in [0.2, 0.25) is 0 Å². The largest absolute Gasteiger partial charge is 0.358 e. The van der Waals surface area contributed by atoms with E-state index in [9.17, 15) is 9.00 Å². The molecule has 1 aliphatic rings. The molecule has 1 heterocycles. The molecule has 1 aliphatic carbocycles. The van der Waals surface area contributed by atoms with E-state index in [-0.39, 0.29) is 0 Å². The monoisotopic (exact) mass is 320 g/mol. The van der Waals surface area contributed by atoms with Crippen molar-refractivity contribution in [1.82, 2.24) is 9.71 Å². The summed E-state index contributed by atoms with van der Waals surface area (Å²) in [6.45, 7) is 2.08. The second kappa shape index (κ2) is 6.22. The highest BCUT2D eigenvalue weighted by Gasteiger charge is 2.21. The van der Waals surface area contributed by atoms with E-state index in [4.69, 9.17) is 4.55 Å². The van der Waals surface area contributed by atoms with Crippen molar-refractivity contribution in [2.45, 2.75) is 44.9 Å². The summed E-state index contributed by atoms with van der Waals surface area (Å²) in [5.74, 6) is 0.0429. The van der Waals surface area contributed by atoms with Crippen LogP contribution in [-0.4, -0.2) is 19.7 Å². The molecule has 0 spiro atoms. The smallest absolute Gasteiger partial charge is 0.264 e. The van der Waals surface area contributed by atoms with Gasteiger partial charge in [0.15, 0.2) is 0 Å². The van der Waals surface area contributed by atoms with Crippen molar-refractivity contribution in [3.05, 3.63) is 35.0 Å². The predicted octanol–water partition coefficient (Wildman–Crippen LogP) is 3.39. The van der Waals surface area contributed by atoms with Crippen LogP contribution in [0.4, 0.5) is 0 Å². The van der Waals surface area contributed by atoms with E-state index in [1.165, 1.54) is 37.7 Å². The van der Waals surface area contributed by atoms with Gasteiger partial charge in [-0.05, 0) is 43.4 Å². The molecule has 0 bridgehead atoms. The van der Waals surface area contributed by atoms with Crippen molar-refractivity contribution in [2.24, 2.45) is 0 Å². The molecule has 3 N–H and O–H groups in total. The predicted molar refractivity (Wildman–Crippen MR) is 87.1 cm³/mol. The normalized spacial score (nSPS) is 17.5. The maximum Gasteiger partial charge on any atom is 0.264 e. The van der Waals surface area contributed by atoms with Crippen LogP contribution >= 0.6 is 0 Å². The Morgan fingerprint density at radius 3 is 2.73 bits per heavy atom. The lowest BCUT2D eigenvalue weighted by Gasteiger charge is -2.22. The Morgan fingerprint density at radius 2 is 2.05 bits per heavy atom. The zero-order valence-electron chi connectivity index (χ0n) is 12.5. The Balaban J connectivity index is 1.97. The first-order valence-electron chi connectivity index (χ1n) is 7.60. The lowest BCUT2D eigenvalue weighted by molar-refractivity contribution is 0.0981. The maximum atomic E-state index is 11.8. The Kier molecular flexibility index (Phi) is 4.31. The molecule has 1 aromatic heterocycles. The fraction of sp³-hybridized carbons (Fsp3) is 0.438. The van der Waals surface area contributed by atoms with E-state index in [0.29, 0.717) is 11.5 Å². The molecule has 22 heavy (non-hydrogen) atoms. The summed E-state index contributed by atoms with van der Waals surface area (Å²) in [6.07, 6.45) is 6.32. The number of hydrogen-bond donors (Lipinski definition) is 3. The number of aromatic nitrogens is 1. The van der Waals surface area contributed by atoms with Gasteiger partial charge in [0.2, 0.25) is 0 Å². The van der Waals surface area contributed by atoms with Gasteiger partial charge in [-0.15, -0.1) is 0 Å². The number of carbonyl (C=O) groups excluding carboxylic acids is 1. The molecule has 0 radical (unpaired) electrons. The topological polar surface area (TPSA) is 82.2 Å². The third-order valence-electron chi connectivity index (χ3n) is 4.49. The average molecular weight is 320 g/mol. The zero-order valence-corrected chi connectivity index (χ0v) is 13.3. The van der Waals surface area contributed by atoms with Crippen LogP contribution in [0.3, 0.4) is 0 Å². The van der Waals surface area contributed by atoms with Crippen LogP contribution < -0.4 is 4.72 Å². The summed E-state index contributed by atoms with van der Waals surface area (Å²) >= 11 is -2.34. The molecule has 3 rings (SSSR count). The maximum absolute atomic E-state index is 11.8. The fourth-order valence-electron chi connectivity index (χ4n) is 3.55. The van der Waals surface area contributed by atoms with Crippen molar-refractivity contribution in [1.29, 1.82) is 0 Å². The van der Waals surface area contributed by atoms with Gasteiger partial charge in [-0.3, -0.25) is 9.35 Å². The van der Waals surface area contributed by atoms with Gasteiger partial charge in [-0.25, -0.2) is 8.93 Å². The molecule has 1 fully saturated rings. The summed E-state index contributed by atoms with van der Waals surface area (Å²) in [4.78, 5) is 15.2. The number of aromatic amines is 1. The third-order valence-corrected chi connectivity index (χ3v) is 4.85. The molecule has 6 heteroatoms. The molecule has 5 nitrogen and oxygen atoms in total. The van der Waals surface area contributed by atoms with Crippen LogP contribution in [0.1, 0.15) is 59.6 Å². The van der Waals surface area contributed by atoms with Gasteiger partial charge in [0.05, 0.1) is 0 Å². The van der Waals surface area contributed by atoms with Gasteiger partial charge in [0.1, 0.15) is 0 Å². The summed E-state index contributed by atoms with van der Waals surface area (Å²) in [7, 11) is 0. The van der Waals surface area contributed by atoms with Crippen LogP contribution in [0, 0.1) is 6.92 Å². The lowest BCUT2D eigenvalue weighted by atomic mass is 9.83. The van der Waals surface area contributed by atoms with Crippen molar-refractivity contribution in [3.8, 4) is 0 Å². The highest BCUT2D eigenvalue weighted by atomic mass is 32.2. The molecule has 2 aromatic rings. The zero-order chi connectivity index (χ0) is 15.7. The van der Waals surface area contributed by atoms with Gasteiger partial charge in [0.25, 0.3) is 17.2 Å². The third kappa shape index (κ3) is 2.94. The first kappa shape index (κ1) is 15.2. The molecule has 0 saturated heterocycles. The molecule has 1 atom stereocenters. The van der Waals surface area contributed by atoms with E-state index in [0.717, 1.165) is 16.6 Å². The number of nitrogens with one attached hydrogen (secondary N) is 2.